The van der Waals surface area contributed by atoms with E-state index in [1.807, 2.05) is 6.07 Å². The van der Waals surface area contributed by atoms with E-state index in [0.29, 0.717) is 11.1 Å². The van der Waals surface area contributed by atoms with Crippen LogP contribution in [0, 0.1) is 0 Å². The lowest BCUT2D eigenvalue weighted by Crippen LogP contribution is -2.74. The number of hydrogen-bond donors (Lipinski definition) is 3. The summed E-state index contributed by atoms with van der Waals surface area (Å²) < 4.78 is 5.48. The molecule has 2 aromatic rings. The molecule has 3 N–H and O–H groups in total. The highest BCUT2D eigenvalue weighted by atomic mass is 16.5. The Bertz CT molecular complexity index is 1380. The van der Waals surface area contributed by atoms with Gasteiger partial charge in [-0.3, -0.25) is 29.5 Å². The van der Waals surface area contributed by atoms with Gasteiger partial charge in [0.1, 0.15) is 47.1 Å². The third kappa shape index (κ3) is 4.43. The van der Waals surface area contributed by atoms with Crippen LogP contribution < -0.4 is 10.6 Å². The molecule has 1 atom stereocenters. The van der Waals surface area contributed by atoms with E-state index in [1.54, 1.807) is 43.5 Å². The van der Waals surface area contributed by atoms with Crippen molar-refractivity contribution in [2.75, 3.05) is 31.6 Å². The second kappa shape index (κ2) is 9.89. The largest absolute Gasteiger partial charge is 0.391 e. The van der Waals surface area contributed by atoms with Gasteiger partial charge in [0.15, 0.2) is 0 Å². The molecule has 5 rings (SSSR count). The van der Waals surface area contributed by atoms with Crippen LogP contribution in [-0.4, -0.2) is 112 Å². The van der Waals surface area contributed by atoms with Gasteiger partial charge in [-0.1, -0.05) is 30.3 Å². The van der Waals surface area contributed by atoms with Gasteiger partial charge in [0.2, 0.25) is 11.6 Å². The van der Waals surface area contributed by atoms with E-state index in [2.05, 4.69) is 55.5 Å². The van der Waals surface area contributed by atoms with Gasteiger partial charge in [0.25, 0.3) is 11.8 Å². The van der Waals surface area contributed by atoms with Crippen LogP contribution in [0.2, 0.25) is 10.4 Å². The number of carbonyl (C=O) groups is 3. The Hall–Kier alpha value is -2.88. The third-order valence-electron chi connectivity index (χ3n) is 9.51. The molecule has 1 unspecified atom stereocenters. The molecule has 0 aliphatic carbocycles. The van der Waals surface area contributed by atoms with E-state index in [0.717, 1.165) is 44.1 Å². The zero-order valence-electron chi connectivity index (χ0n) is 24.3. The summed E-state index contributed by atoms with van der Waals surface area (Å²) in [5.41, 5.74) is 1.99. The van der Waals surface area contributed by atoms with Crippen LogP contribution >= 0.6 is 0 Å². The van der Waals surface area contributed by atoms with Crippen molar-refractivity contribution in [3.8, 4) is 0 Å². The minimum Gasteiger partial charge on any atom is -0.391 e. The number of morpholine rings is 1. The number of fused-ring (bicyclic) bond motifs is 1. The number of ether oxygens (including phenoxy) is 1. The van der Waals surface area contributed by atoms with Crippen molar-refractivity contribution < 1.29 is 24.2 Å². The second-order valence-electron chi connectivity index (χ2n) is 12.8. The summed E-state index contributed by atoms with van der Waals surface area (Å²) in [6.07, 6.45) is 0. The number of benzene rings is 2. The fourth-order valence-corrected chi connectivity index (χ4v) is 6.01. The maximum absolute atomic E-state index is 13.7. The fraction of sp³-hybridized carbons (Fsp3) is 0.400. The highest BCUT2D eigenvalue weighted by Gasteiger charge is 2.67. The predicted octanol–water partition coefficient (Wildman–Crippen LogP) is -4.93. The molecule has 2 aromatic carbocycles. The number of aliphatic hydroxyl groups is 1. The topological polar surface area (TPSA) is 111 Å². The van der Waals surface area contributed by atoms with Crippen LogP contribution in [0.25, 0.3) is 0 Å². The molecular weight excluding hydrogens is 501 g/mol. The van der Waals surface area contributed by atoms with Crippen molar-refractivity contribution in [1.82, 2.24) is 15.1 Å². The Balaban J connectivity index is 1.43. The molecule has 9 nitrogen and oxygen atoms in total. The summed E-state index contributed by atoms with van der Waals surface area (Å²) >= 11 is 0. The maximum atomic E-state index is 13.7. The number of nitrogens with zero attached hydrogens (tertiary/aromatic N) is 2. The Morgan fingerprint density at radius 3 is 2.38 bits per heavy atom. The summed E-state index contributed by atoms with van der Waals surface area (Å²) in [5.74, 6) is -1.80. The lowest BCUT2D eigenvalue weighted by molar-refractivity contribution is -0.172. The van der Waals surface area contributed by atoms with E-state index in [4.69, 9.17) is 4.74 Å². The zero-order chi connectivity index (χ0) is 29.1. The third-order valence-corrected chi connectivity index (χ3v) is 9.51. The summed E-state index contributed by atoms with van der Waals surface area (Å²) in [5, 5.41) is 15.0. The van der Waals surface area contributed by atoms with Crippen molar-refractivity contribution in [1.29, 1.82) is 0 Å². The van der Waals surface area contributed by atoms with Crippen molar-refractivity contribution in [3.63, 3.8) is 0 Å². The number of carbonyl (C=O) groups excluding carboxylic acids is 3. The van der Waals surface area contributed by atoms with Gasteiger partial charge in [-0.25, -0.2) is 0 Å². The molecule has 2 fully saturated rings. The standard InChI is InChI=1S/C25H34B6N4O5/c26-22(27)20(37)32-21(38)23(39,25(22,30)31)35-13-17-16(19(35)36)5-2-6-18(17)33-24(28,29)15-4-1-3-14(11-15)12-34-7-9-40-10-8-34/h1-6,11,33,39H,7-10,12-13,26-31H2,(H,32,37,38). The molecule has 0 radical (unpaired) electrons. The van der Waals surface area contributed by atoms with Crippen LogP contribution in [0.5, 0.6) is 0 Å². The van der Waals surface area contributed by atoms with Gasteiger partial charge >= 0.3 is 0 Å². The van der Waals surface area contributed by atoms with Crippen LogP contribution in [-0.2, 0) is 32.8 Å². The van der Waals surface area contributed by atoms with Crippen molar-refractivity contribution in [2.45, 2.75) is 34.6 Å². The average Bonchev–Trinajstić information content (AvgIpc) is 3.25. The second-order valence-corrected chi connectivity index (χ2v) is 12.8. The lowest BCUT2D eigenvalue weighted by Gasteiger charge is -2.56. The SMILES string of the molecule is BC(B)(Nc1cccc2c1CN(C1(O)C(=O)NC(=O)C(B)(B)C1(B)B)C2=O)c1cccc(CN2CCOCC2)c1. The van der Waals surface area contributed by atoms with Crippen LogP contribution in [0.4, 0.5) is 5.69 Å². The zero-order valence-corrected chi connectivity index (χ0v) is 24.3. The molecule has 3 aliphatic rings. The molecule has 0 aromatic heterocycles. The number of amides is 3. The molecule has 0 saturated carbocycles. The van der Waals surface area contributed by atoms with Gasteiger partial charge < -0.3 is 15.2 Å². The van der Waals surface area contributed by atoms with Gasteiger partial charge in [-0.05, 0) is 39.0 Å². The van der Waals surface area contributed by atoms with Gasteiger partial charge in [0, 0.05) is 36.4 Å². The van der Waals surface area contributed by atoms with E-state index in [9.17, 15) is 19.5 Å². The number of rotatable bonds is 6. The Kier molecular flexibility index (Phi) is 7.08. The molecule has 3 heterocycles. The van der Waals surface area contributed by atoms with E-state index in [1.165, 1.54) is 10.5 Å². The number of piperidine rings is 1. The molecule has 202 valence electrons. The first-order chi connectivity index (χ1) is 18.7. The number of nitrogens with one attached hydrogen (secondary N) is 2. The molecule has 15 heteroatoms. The average molecular weight is 535 g/mol. The van der Waals surface area contributed by atoms with Gasteiger partial charge in [-0.2, -0.15) is 0 Å². The first kappa shape index (κ1) is 28.6. The molecule has 0 bridgehead atoms. The molecule has 40 heavy (non-hydrogen) atoms. The van der Waals surface area contributed by atoms with Crippen molar-refractivity contribution >= 4 is 70.5 Å². The molecule has 3 aliphatic heterocycles. The molecule has 3 amide bonds. The highest BCUT2D eigenvalue weighted by Crippen LogP contribution is 2.55. The molecular formula is C25H34B6N4O5. The Labute approximate surface area is 240 Å². The number of hydrogen-bond acceptors (Lipinski definition) is 7. The first-order valence-corrected chi connectivity index (χ1v) is 13.9. The highest BCUT2D eigenvalue weighted by molar-refractivity contribution is 6.64. The van der Waals surface area contributed by atoms with E-state index in [-0.39, 0.29) is 6.54 Å². The minimum absolute atomic E-state index is 0.0299. The lowest BCUT2D eigenvalue weighted by atomic mass is 9.25. The minimum atomic E-state index is -2.22. The van der Waals surface area contributed by atoms with Crippen LogP contribution in [0.1, 0.15) is 27.0 Å². The molecule has 2 saturated heterocycles. The Morgan fingerprint density at radius 1 is 1.00 bits per heavy atom. The van der Waals surface area contributed by atoms with Gasteiger partial charge in [0.05, 0.1) is 19.8 Å². The molecule has 0 spiro atoms. The normalized spacial score (nSPS) is 24.4. The summed E-state index contributed by atoms with van der Waals surface area (Å²) in [7, 11) is 10.9. The van der Waals surface area contributed by atoms with E-state index >= 15 is 0 Å². The summed E-state index contributed by atoms with van der Waals surface area (Å²) in [4.78, 5) is 43.1. The van der Waals surface area contributed by atoms with Crippen molar-refractivity contribution in [2.24, 2.45) is 0 Å². The smallest absolute Gasteiger partial charge is 0.278 e. The number of imide groups is 1. The fourth-order valence-electron chi connectivity index (χ4n) is 6.01. The van der Waals surface area contributed by atoms with E-state index < -0.39 is 39.2 Å². The predicted molar refractivity (Wildman–Crippen MR) is 169 cm³/mol. The monoisotopic (exact) mass is 536 g/mol. The van der Waals surface area contributed by atoms with Crippen molar-refractivity contribution in [3.05, 3.63) is 64.7 Å². The first-order valence-electron chi connectivity index (χ1n) is 13.9. The quantitative estimate of drug-likeness (QED) is 0.251. The summed E-state index contributed by atoms with van der Waals surface area (Å²) in [6, 6.07) is 13.9. The summed E-state index contributed by atoms with van der Waals surface area (Å²) in [6.45, 7) is 4.22. The maximum Gasteiger partial charge on any atom is 0.278 e. The number of anilines is 1. The van der Waals surface area contributed by atoms with Crippen LogP contribution in [0.3, 0.4) is 0 Å². The Morgan fingerprint density at radius 2 is 1.68 bits per heavy atom. The van der Waals surface area contributed by atoms with Crippen LogP contribution in [0.15, 0.2) is 42.5 Å². The van der Waals surface area contributed by atoms with Gasteiger partial charge in [-0.15, -0.1) is 0 Å².